The molecule has 1 unspecified atom stereocenters. The largest absolute Gasteiger partial charge is 0.324 e. The van der Waals surface area contributed by atoms with Gasteiger partial charge in [0.1, 0.15) is 0 Å². The van der Waals surface area contributed by atoms with Crippen LogP contribution < -0.4 is 5.73 Å². The van der Waals surface area contributed by atoms with Crippen molar-refractivity contribution in [2.75, 3.05) is 0 Å². The summed E-state index contributed by atoms with van der Waals surface area (Å²) in [4.78, 5) is 0. The number of nitrogens with two attached hydrogens (primary N) is 1. The second kappa shape index (κ2) is 3.75. The zero-order valence-electron chi connectivity index (χ0n) is 7.74. The topological polar surface area (TPSA) is 26.0 Å². The van der Waals surface area contributed by atoms with E-state index in [0.29, 0.717) is 0 Å². The molecule has 1 aliphatic carbocycles. The van der Waals surface area contributed by atoms with Crippen molar-refractivity contribution in [3.05, 3.63) is 47.5 Å². The molecular formula is C12H15N. The predicted molar refractivity (Wildman–Crippen MR) is 55.4 cm³/mol. The van der Waals surface area contributed by atoms with Crippen molar-refractivity contribution < 1.29 is 0 Å². The molecule has 1 aromatic rings. The summed E-state index contributed by atoms with van der Waals surface area (Å²) in [5, 5.41) is 0. The van der Waals surface area contributed by atoms with Crippen LogP contribution in [0.4, 0.5) is 0 Å². The maximum atomic E-state index is 5.97. The van der Waals surface area contributed by atoms with Crippen LogP contribution in [0.5, 0.6) is 0 Å². The summed E-state index contributed by atoms with van der Waals surface area (Å²) in [6.07, 6.45) is 5.71. The number of benzene rings is 1. The predicted octanol–water partition coefficient (Wildman–Crippen LogP) is 2.28. The van der Waals surface area contributed by atoms with Gasteiger partial charge in [0.05, 0.1) is 0 Å². The van der Waals surface area contributed by atoms with Crippen LogP contribution in [-0.2, 0) is 6.42 Å². The molecule has 0 aromatic heterocycles. The number of rotatable bonds is 3. The van der Waals surface area contributed by atoms with Crippen LogP contribution in [0.3, 0.4) is 0 Å². The van der Waals surface area contributed by atoms with Gasteiger partial charge in [0.25, 0.3) is 0 Å². The summed E-state index contributed by atoms with van der Waals surface area (Å²) in [5.41, 5.74) is 8.83. The van der Waals surface area contributed by atoms with Crippen LogP contribution in [0.25, 0.3) is 0 Å². The van der Waals surface area contributed by atoms with Crippen LogP contribution >= 0.6 is 0 Å². The highest BCUT2D eigenvalue weighted by Gasteiger charge is 2.12. The first-order valence-corrected chi connectivity index (χ1v) is 4.83. The van der Waals surface area contributed by atoms with Gasteiger partial charge in [-0.2, -0.15) is 0 Å². The molecule has 0 aliphatic heterocycles. The van der Waals surface area contributed by atoms with Gasteiger partial charge in [0, 0.05) is 6.04 Å². The maximum absolute atomic E-state index is 5.97. The van der Waals surface area contributed by atoms with Gasteiger partial charge in [-0.1, -0.05) is 42.0 Å². The van der Waals surface area contributed by atoms with E-state index in [0.717, 1.165) is 6.42 Å². The van der Waals surface area contributed by atoms with Gasteiger partial charge in [-0.25, -0.2) is 0 Å². The molecule has 1 atom stereocenters. The average Bonchev–Trinajstić information content (AvgIpc) is 2.90. The lowest BCUT2D eigenvalue weighted by Crippen LogP contribution is -2.19. The van der Waals surface area contributed by atoms with E-state index in [2.05, 4.69) is 30.3 Å². The lowest BCUT2D eigenvalue weighted by molar-refractivity contribution is 0.808. The highest BCUT2D eigenvalue weighted by molar-refractivity contribution is 5.22. The Labute approximate surface area is 79.3 Å². The van der Waals surface area contributed by atoms with E-state index in [1.165, 1.54) is 24.0 Å². The molecule has 0 bridgehead atoms. The Morgan fingerprint density at radius 2 is 1.92 bits per heavy atom. The monoisotopic (exact) mass is 173 g/mol. The summed E-state index contributed by atoms with van der Waals surface area (Å²) in [5.74, 6) is 0. The highest BCUT2D eigenvalue weighted by Crippen LogP contribution is 2.27. The third-order valence-corrected chi connectivity index (χ3v) is 2.30. The second-order valence-electron chi connectivity index (χ2n) is 3.68. The molecule has 1 aromatic carbocycles. The Balaban J connectivity index is 1.94. The zero-order chi connectivity index (χ0) is 9.10. The van der Waals surface area contributed by atoms with Crippen molar-refractivity contribution in [2.24, 2.45) is 5.73 Å². The summed E-state index contributed by atoms with van der Waals surface area (Å²) in [6, 6.07) is 10.6. The van der Waals surface area contributed by atoms with E-state index in [-0.39, 0.29) is 6.04 Å². The highest BCUT2D eigenvalue weighted by atomic mass is 14.6. The Kier molecular flexibility index (Phi) is 2.46. The molecule has 2 N–H and O–H groups in total. The first-order chi connectivity index (χ1) is 6.34. The molecule has 0 radical (unpaired) electrons. The molecule has 0 spiro atoms. The molecule has 1 nitrogen and oxygen atoms in total. The molecule has 0 heterocycles. The molecule has 2 rings (SSSR count). The molecule has 68 valence electrons. The van der Waals surface area contributed by atoms with Crippen molar-refractivity contribution >= 4 is 0 Å². The zero-order valence-corrected chi connectivity index (χ0v) is 7.74. The Morgan fingerprint density at radius 3 is 2.54 bits per heavy atom. The minimum atomic E-state index is 0.208. The number of hydrogen-bond acceptors (Lipinski definition) is 1. The van der Waals surface area contributed by atoms with Gasteiger partial charge in [0.2, 0.25) is 0 Å². The van der Waals surface area contributed by atoms with E-state index in [9.17, 15) is 0 Å². The summed E-state index contributed by atoms with van der Waals surface area (Å²) in [6.45, 7) is 0. The maximum Gasteiger partial charge on any atom is 0.0267 e. The van der Waals surface area contributed by atoms with Gasteiger partial charge in [-0.05, 0) is 24.8 Å². The van der Waals surface area contributed by atoms with Crippen LogP contribution in [0.2, 0.25) is 0 Å². The Morgan fingerprint density at radius 1 is 1.23 bits per heavy atom. The fourth-order valence-electron chi connectivity index (χ4n) is 1.49. The first kappa shape index (κ1) is 8.52. The minimum Gasteiger partial charge on any atom is -0.324 e. The summed E-state index contributed by atoms with van der Waals surface area (Å²) >= 11 is 0. The quantitative estimate of drug-likeness (QED) is 0.697. The molecule has 1 aliphatic rings. The molecule has 0 amide bonds. The molecular weight excluding hydrogens is 158 g/mol. The number of hydrogen-bond donors (Lipinski definition) is 1. The summed E-state index contributed by atoms with van der Waals surface area (Å²) < 4.78 is 0. The third-order valence-electron chi connectivity index (χ3n) is 2.30. The van der Waals surface area contributed by atoms with Crippen LogP contribution in [0.1, 0.15) is 18.4 Å². The smallest absolute Gasteiger partial charge is 0.0267 e. The third kappa shape index (κ3) is 2.71. The van der Waals surface area contributed by atoms with Gasteiger partial charge < -0.3 is 5.73 Å². The van der Waals surface area contributed by atoms with Crippen LogP contribution in [-0.4, -0.2) is 6.04 Å². The standard InChI is InChI=1S/C12H15N/c13-12(9-11-6-7-11)8-10-4-2-1-3-5-10/h1-5,9,12H,6-8,13H2. The molecule has 1 heteroatoms. The van der Waals surface area contributed by atoms with E-state index in [4.69, 9.17) is 5.73 Å². The van der Waals surface area contributed by atoms with Crippen molar-refractivity contribution in [1.29, 1.82) is 0 Å². The average molecular weight is 173 g/mol. The lowest BCUT2D eigenvalue weighted by atomic mass is 10.1. The van der Waals surface area contributed by atoms with Crippen molar-refractivity contribution in [2.45, 2.75) is 25.3 Å². The van der Waals surface area contributed by atoms with Gasteiger partial charge in [-0.3, -0.25) is 0 Å². The van der Waals surface area contributed by atoms with E-state index in [1.807, 2.05) is 6.07 Å². The molecule has 13 heavy (non-hydrogen) atoms. The minimum absolute atomic E-state index is 0.208. The molecule has 0 saturated heterocycles. The van der Waals surface area contributed by atoms with Crippen LogP contribution in [0, 0.1) is 0 Å². The molecule has 1 fully saturated rings. The second-order valence-corrected chi connectivity index (χ2v) is 3.68. The van der Waals surface area contributed by atoms with Crippen molar-refractivity contribution in [1.82, 2.24) is 0 Å². The normalized spacial score (nSPS) is 16.8. The van der Waals surface area contributed by atoms with Gasteiger partial charge in [0.15, 0.2) is 0 Å². The molecule has 1 saturated carbocycles. The SMILES string of the molecule is NC(C=C1CC1)Cc1ccccc1. The van der Waals surface area contributed by atoms with Gasteiger partial charge >= 0.3 is 0 Å². The fourth-order valence-corrected chi connectivity index (χ4v) is 1.49. The van der Waals surface area contributed by atoms with Crippen molar-refractivity contribution in [3.63, 3.8) is 0 Å². The van der Waals surface area contributed by atoms with E-state index < -0.39 is 0 Å². The fraction of sp³-hybridized carbons (Fsp3) is 0.333. The summed E-state index contributed by atoms with van der Waals surface area (Å²) in [7, 11) is 0. The Hall–Kier alpha value is -1.08. The van der Waals surface area contributed by atoms with Gasteiger partial charge in [-0.15, -0.1) is 0 Å². The van der Waals surface area contributed by atoms with Crippen molar-refractivity contribution in [3.8, 4) is 0 Å². The number of allylic oxidation sites excluding steroid dienone is 1. The van der Waals surface area contributed by atoms with E-state index >= 15 is 0 Å². The Bertz CT molecular complexity index is 294. The lowest BCUT2D eigenvalue weighted by Gasteiger charge is -2.05. The van der Waals surface area contributed by atoms with E-state index in [1.54, 1.807) is 0 Å². The first-order valence-electron chi connectivity index (χ1n) is 4.83. The van der Waals surface area contributed by atoms with Crippen LogP contribution in [0.15, 0.2) is 42.0 Å².